The first-order chi connectivity index (χ1) is 7.00. The Morgan fingerprint density at radius 3 is 2.73 bits per heavy atom. The Labute approximate surface area is 89.0 Å². The summed E-state index contributed by atoms with van der Waals surface area (Å²) >= 11 is 0. The number of carbonyl (C=O) groups is 2. The molecular formula is C10H17NO4. The molecular weight excluding hydrogens is 198 g/mol. The maximum absolute atomic E-state index is 11.8. The quantitative estimate of drug-likeness (QED) is 0.737. The molecule has 1 heterocycles. The van der Waals surface area contributed by atoms with Crippen LogP contribution < -0.4 is 0 Å². The zero-order valence-corrected chi connectivity index (χ0v) is 9.10. The molecule has 1 aliphatic rings. The molecule has 1 N–H and O–H groups in total. The summed E-state index contributed by atoms with van der Waals surface area (Å²) in [6.45, 7) is 2.28. The van der Waals surface area contributed by atoms with E-state index in [4.69, 9.17) is 9.84 Å². The van der Waals surface area contributed by atoms with Gasteiger partial charge in [-0.25, -0.2) is 0 Å². The third-order valence-electron chi connectivity index (χ3n) is 2.58. The number of carbonyl (C=O) groups excluding carboxylic acids is 1. The molecule has 0 radical (unpaired) electrons. The van der Waals surface area contributed by atoms with E-state index in [2.05, 4.69) is 0 Å². The number of aliphatic carboxylic acids is 1. The third-order valence-corrected chi connectivity index (χ3v) is 2.58. The molecule has 1 aliphatic heterocycles. The van der Waals surface area contributed by atoms with E-state index < -0.39 is 5.97 Å². The predicted octanol–water partition coefficient (Wildman–Crippen LogP) is 0.344. The Hall–Kier alpha value is -1.10. The van der Waals surface area contributed by atoms with Gasteiger partial charge in [0.1, 0.15) is 6.54 Å². The molecule has 0 aromatic rings. The summed E-state index contributed by atoms with van der Waals surface area (Å²) in [6.07, 6.45) is 1.46. The minimum absolute atomic E-state index is 0.0851. The maximum Gasteiger partial charge on any atom is 0.323 e. The van der Waals surface area contributed by atoms with E-state index in [1.54, 1.807) is 0 Å². The van der Waals surface area contributed by atoms with Crippen LogP contribution in [0.2, 0.25) is 0 Å². The minimum atomic E-state index is -0.981. The number of amides is 1. The van der Waals surface area contributed by atoms with Crippen LogP contribution in [0.3, 0.4) is 0 Å². The first-order valence-corrected chi connectivity index (χ1v) is 5.09. The normalized spacial score (nSPS) is 26.0. The lowest BCUT2D eigenvalue weighted by Gasteiger charge is -2.29. The van der Waals surface area contributed by atoms with Gasteiger partial charge in [0.25, 0.3) is 0 Å². The molecule has 0 aliphatic carbocycles. The van der Waals surface area contributed by atoms with Crippen molar-refractivity contribution in [1.82, 2.24) is 4.90 Å². The highest BCUT2D eigenvalue weighted by Crippen LogP contribution is 2.21. The maximum atomic E-state index is 11.8. The highest BCUT2D eigenvalue weighted by atomic mass is 16.5. The van der Waals surface area contributed by atoms with Crippen molar-refractivity contribution >= 4 is 11.9 Å². The number of nitrogens with zero attached hydrogens (tertiary/aromatic N) is 1. The van der Waals surface area contributed by atoms with Gasteiger partial charge >= 0.3 is 5.97 Å². The summed E-state index contributed by atoms with van der Waals surface area (Å²) in [5, 5.41) is 8.56. The number of likely N-dealkylation sites (N-methyl/N-ethyl adjacent to an activating group) is 1. The van der Waals surface area contributed by atoms with Crippen LogP contribution in [0.4, 0.5) is 0 Å². The lowest BCUT2D eigenvalue weighted by Crippen LogP contribution is -2.40. The summed E-state index contributed by atoms with van der Waals surface area (Å²) in [7, 11) is 1.52. The lowest BCUT2D eigenvalue weighted by atomic mass is 9.95. The molecule has 1 rings (SSSR count). The van der Waals surface area contributed by atoms with Gasteiger partial charge < -0.3 is 14.7 Å². The molecule has 86 valence electrons. The highest BCUT2D eigenvalue weighted by Gasteiger charge is 2.28. The number of ether oxygens (including phenoxy) is 1. The van der Waals surface area contributed by atoms with E-state index in [0.717, 1.165) is 0 Å². The number of carboxylic acids is 1. The van der Waals surface area contributed by atoms with Crippen LogP contribution in [-0.2, 0) is 14.3 Å². The van der Waals surface area contributed by atoms with Crippen molar-refractivity contribution < 1.29 is 19.4 Å². The molecule has 15 heavy (non-hydrogen) atoms. The Morgan fingerprint density at radius 2 is 2.20 bits per heavy atom. The SMILES string of the molecule is CC1CC(C(=O)N(C)CC(=O)O)CCO1. The fourth-order valence-corrected chi connectivity index (χ4v) is 1.81. The molecule has 2 unspecified atom stereocenters. The van der Waals surface area contributed by atoms with Gasteiger partial charge in [-0.2, -0.15) is 0 Å². The molecule has 5 heteroatoms. The minimum Gasteiger partial charge on any atom is -0.480 e. The Kier molecular flexibility index (Phi) is 4.08. The van der Waals surface area contributed by atoms with Crippen LogP contribution in [-0.4, -0.2) is 48.2 Å². The zero-order chi connectivity index (χ0) is 11.4. The van der Waals surface area contributed by atoms with Crippen LogP contribution in [0.1, 0.15) is 19.8 Å². The third kappa shape index (κ3) is 3.51. The second-order valence-electron chi connectivity index (χ2n) is 3.99. The number of rotatable bonds is 3. The molecule has 0 aromatic carbocycles. The average Bonchev–Trinajstić information content (AvgIpc) is 2.15. The summed E-state index contributed by atoms with van der Waals surface area (Å²) < 4.78 is 5.33. The summed E-state index contributed by atoms with van der Waals surface area (Å²) in [6, 6.07) is 0. The van der Waals surface area contributed by atoms with Crippen molar-refractivity contribution in [2.45, 2.75) is 25.9 Å². The molecule has 5 nitrogen and oxygen atoms in total. The number of hydrogen-bond donors (Lipinski definition) is 1. The van der Waals surface area contributed by atoms with E-state index in [9.17, 15) is 9.59 Å². The fourth-order valence-electron chi connectivity index (χ4n) is 1.81. The van der Waals surface area contributed by atoms with Crippen molar-refractivity contribution in [2.24, 2.45) is 5.92 Å². The second kappa shape index (κ2) is 5.11. The zero-order valence-electron chi connectivity index (χ0n) is 9.10. The first-order valence-electron chi connectivity index (χ1n) is 5.09. The Bertz CT molecular complexity index is 254. The van der Waals surface area contributed by atoms with Gasteiger partial charge in [-0.1, -0.05) is 0 Å². The monoisotopic (exact) mass is 215 g/mol. The topological polar surface area (TPSA) is 66.8 Å². The van der Waals surface area contributed by atoms with Gasteiger partial charge in [0.05, 0.1) is 6.10 Å². The summed E-state index contributed by atoms with van der Waals surface area (Å²) in [5.41, 5.74) is 0. The number of hydrogen-bond acceptors (Lipinski definition) is 3. The van der Waals surface area contributed by atoms with Crippen molar-refractivity contribution in [3.63, 3.8) is 0 Å². The van der Waals surface area contributed by atoms with E-state index in [1.807, 2.05) is 6.92 Å². The lowest BCUT2D eigenvalue weighted by molar-refractivity contribution is -0.147. The summed E-state index contributed by atoms with van der Waals surface area (Å²) in [4.78, 5) is 23.5. The van der Waals surface area contributed by atoms with Crippen molar-refractivity contribution in [1.29, 1.82) is 0 Å². The molecule has 0 saturated carbocycles. The Morgan fingerprint density at radius 1 is 1.53 bits per heavy atom. The van der Waals surface area contributed by atoms with Crippen molar-refractivity contribution in [3.05, 3.63) is 0 Å². The van der Waals surface area contributed by atoms with Crippen LogP contribution in [0.15, 0.2) is 0 Å². The fraction of sp³-hybridized carbons (Fsp3) is 0.800. The van der Waals surface area contributed by atoms with Gasteiger partial charge in [0.15, 0.2) is 0 Å². The smallest absolute Gasteiger partial charge is 0.323 e. The van der Waals surface area contributed by atoms with Crippen LogP contribution in [0.25, 0.3) is 0 Å². The number of carboxylic acid groups (broad SMARTS) is 1. The molecule has 1 amide bonds. The predicted molar refractivity (Wildman–Crippen MR) is 53.4 cm³/mol. The van der Waals surface area contributed by atoms with Gasteiger partial charge in [0, 0.05) is 19.6 Å². The molecule has 2 atom stereocenters. The van der Waals surface area contributed by atoms with Gasteiger partial charge in [-0.05, 0) is 19.8 Å². The van der Waals surface area contributed by atoms with Gasteiger partial charge in [0.2, 0.25) is 5.91 Å². The molecule has 1 fully saturated rings. The molecule has 1 saturated heterocycles. The standard InChI is InChI=1S/C10H17NO4/c1-7-5-8(3-4-15-7)10(14)11(2)6-9(12)13/h7-8H,3-6H2,1-2H3,(H,12,13). The molecule has 0 aromatic heterocycles. The van der Waals surface area contributed by atoms with Crippen LogP contribution >= 0.6 is 0 Å². The van der Waals surface area contributed by atoms with Crippen LogP contribution in [0, 0.1) is 5.92 Å². The largest absolute Gasteiger partial charge is 0.480 e. The van der Waals surface area contributed by atoms with E-state index in [-0.39, 0.29) is 24.5 Å². The van der Waals surface area contributed by atoms with Gasteiger partial charge in [-0.3, -0.25) is 9.59 Å². The van der Waals surface area contributed by atoms with Crippen molar-refractivity contribution in [3.8, 4) is 0 Å². The van der Waals surface area contributed by atoms with Crippen LogP contribution in [0.5, 0.6) is 0 Å². The van der Waals surface area contributed by atoms with E-state index in [1.165, 1.54) is 11.9 Å². The van der Waals surface area contributed by atoms with E-state index in [0.29, 0.717) is 19.4 Å². The van der Waals surface area contributed by atoms with E-state index >= 15 is 0 Å². The van der Waals surface area contributed by atoms with Crippen molar-refractivity contribution in [2.75, 3.05) is 20.2 Å². The Balaban J connectivity index is 2.47. The average molecular weight is 215 g/mol. The highest BCUT2D eigenvalue weighted by molar-refractivity contribution is 5.82. The first kappa shape index (κ1) is 12.0. The molecule has 0 spiro atoms. The van der Waals surface area contributed by atoms with Gasteiger partial charge in [-0.15, -0.1) is 0 Å². The molecule has 0 bridgehead atoms. The second-order valence-corrected chi connectivity index (χ2v) is 3.99. The summed E-state index contributed by atoms with van der Waals surface area (Å²) in [5.74, 6) is -1.16.